The van der Waals surface area contributed by atoms with E-state index in [2.05, 4.69) is 15.9 Å². The second-order valence-electron chi connectivity index (χ2n) is 5.67. The van der Waals surface area contributed by atoms with Gasteiger partial charge in [-0.2, -0.15) is 0 Å². The van der Waals surface area contributed by atoms with Gasteiger partial charge >= 0.3 is 0 Å². The maximum Gasteiger partial charge on any atom is 0.120 e. The van der Waals surface area contributed by atoms with Crippen molar-refractivity contribution in [3.8, 4) is 5.75 Å². The number of alkyl halides is 2. The van der Waals surface area contributed by atoms with E-state index in [9.17, 15) is 0 Å². The van der Waals surface area contributed by atoms with Gasteiger partial charge in [-0.15, -0.1) is 23.2 Å². The van der Waals surface area contributed by atoms with Crippen molar-refractivity contribution in [1.82, 2.24) is 0 Å². The number of hydrogen-bond acceptors (Lipinski definition) is 1. The Kier molecular flexibility index (Phi) is 6.51. The number of hydrogen-bond donors (Lipinski definition) is 0. The second-order valence-corrected chi connectivity index (χ2v) is 7.12. The third kappa shape index (κ3) is 4.05. The second kappa shape index (κ2) is 7.91. The smallest absolute Gasteiger partial charge is 0.120 e. The minimum Gasteiger partial charge on any atom is -0.494 e. The highest BCUT2D eigenvalue weighted by atomic mass is 79.9. The molecule has 1 aromatic rings. The summed E-state index contributed by atoms with van der Waals surface area (Å²) in [4.78, 5) is 0. The molecule has 0 atom stereocenters. The lowest BCUT2D eigenvalue weighted by Crippen LogP contribution is -2.35. The molecule has 0 unspecified atom stereocenters. The zero-order chi connectivity index (χ0) is 14.4. The average molecular weight is 380 g/mol. The molecule has 0 aromatic heterocycles. The SMILES string of the molecule is ClCC(CCl)(CCOc1cccc(Br)c1)C1CCCC1. The Morgan fingerprint density at radius 3 is 2.50 bits per heavy atom. The van der Waals surface area contributed by atoms with Crippen molar-refractivity contribution in [2.45, 2.75) is 32.1 Å². The fourth-order valence-corrected chi connectivity index (χ4v) is 4.43. The number of benzene rings is 1. The van der Waals surface area contributed by atoms with Crippen LogP contribution in [0.1, 0.15) is 32.1 Å². The van der Waals surface area contributed by atoms with Crippen molar-refractivity contribution < 1.29 is 4.74 Å². The summed E-state index contributed by atoms with van der Waals surface area (Å²) in [5, 5.41) is 0. The highest BCUT2D eigenvalue weighted by Crippen LogP contribution is 2.44. The topological polar surface area (TPSA) is 9.23 Å². The van der Waals surface area contributed by atoms with Gasteiger partial charge in [-0.05, 0) is 43.4 Å². The first-order chi connectivity index (χ1) is 9.70. The highest BCUT2D eigenvalue weighted by molar-refractivity contribution is 9.10. The van der Waals surface area contributed by atoms with E-state index < -0.39 is 0 Å². The van der Waals surface area contributed by atoms with Crippen LogP contribution in [0.25, 0.3) is 0 Å². The summed E-state index contributed by atoms with van der Waals surface area (Å²) in [6.45, 7) is 0.673. The molecule has 1 saturated carbocycles. The van der Waals surface area contributed by atoms with E-state index in [1.165, 1.54) is 25.7 Å². The summed E-state index contributed by atoms with van der Waals surface area (Å²) in [7, 11) is 0. The number of rotatable bonds is 7. The van der Waals surface area contributed by atoms with E-state index >= 15 is 0 Å². The molecule has 20 heavy (non-hydrogen) atoms. The minimum atomic E-state index is 0.0334. The lowest BCUT2D eigenvalue weighted by atomic mass is 9.75. The van der Waals surface area contributed by atoms with Crippen molar-refractivity contribution in [3.63, 3.8) is 0 Å². The Labute approximate surface area is 140 Å². The fraction of sp³-hybridized carbons (Fsp3) is 0.625. The van der Waals surface area contributed by atoms with Crippen LogP contribution in [-0.4, -0.2) is 18.4 Å². The van der Waals surface area contributed by atoms with Crippen LogP contribution in [0, 0.1) is 11.3 Å². The van der Waals surface area contributed by atoms with Gasteiger partial charge < -0.3 is 4.74 Å². The van der Waals surface area contributed by atoms with Gasteiger partial charge in [0.15, 0.2) is 0 Å². The number of ether oxygens (including phenoxy) is 1. The molecule has 1 aromatic carbocycles. The van der Waals surface area contributed by atoms with Crippen molar-refractivity contribution in [1.29, 1.82) is 0 Å². The van der Waals surface area contributed by atoms with E-state index in [1.807, 2.05) is 24.3 Å². The highest BCUT2D eigenvalue weighted by Gasteiger charge is 2.38. The summed E-state index contributed by atoms with van der Waals surface area (Å²) in [6, 6.07) is 7.93. The monoisotopic (exact) mass is 378 g/mol. The van der Waals surface area contributed by atoms with Crippen LogP contribution < -0.4 is 4.74 Å². The fourth-order valence-electron chi connectivity index (χ4n) is 3.06. The molecule has 1 aliphatic carbocycles. The summed E-state index contributed by atoms with van der Waals surface area (Å²) in [6.07, 6.45) is 6.07. The van der Waals surface area contributed by atoms with E-state index in [0.717, 1.165) is 16.6 Å². The standard InChI is InChI=1S/C16H21BrCl2O/c17-14-6-3-7-15(10-14)20-9-8-16(11-18,12-19)13-4-1-2-5-13/h3,6-7,10,13H,1-2,4-5,8-9,11-12H2. The Bertz CT molecular complexity index is 415. The molecule has 1 aliphatic rings. The van der Waals surface area contributed by atoms with E-state index in [-0.39, 0.29) is 5.41 Å². The molecule has 112 valence electrons. The molecule has 0 spiro atoms. The van der Waals surface area contributed by atoms with Crippen LogP contribution in [-0.2, 0) is 0 Å². The van der Waals surface area contributed by atoms with Crippen LogP contribution in [0.2, 0.25) is 0 Å². The van der Waals surface area contributed by atoms with Crippen LogP contribution in [0.5, 0.6) is 5.75 Å². The van der Waals surface area contributed by atoms with Gasteiger partial charge in [-0.1, -0.05) is 34.8 Å². The van der Waals surface area contributed by atoms with Crippen LogP contribution in [0.15, 0.2) is 28.7 Å². The van der Waals surface area contributed by atoms with Crippen LogP contribution >= 0.6 is 39.1 Å². The van der Waals surface area contributed by atoms with E-state index in [0.29, 0.717) is 24.3 Å². The van der Waals surface area contributed by atoms with Crippen LogP contribution in [0.4, 0.5) is 0 Å². The van der Waals surface area contributed by atoms with Crippen molar-refractivity contribution in [3.05, 3.63) is 28.7 Å². The molecule has 0 radical (unpaired) electrons. The molecule has 0 heterocycles. The molecule has 0 N–H and O–H groups in total. The predicted octanol–water partition coefficient (Wildman–Crippen LogP) is 5.87. The van der Waals surface area contributed by atoms with Crippen molar-refractivity contribution in [2.24, 2.45) is 11.3 Å². The Morgan fingerprint density at radius 1 is 1.20 bits per heavy atom. The first kappa shape index (κ1) is 16.5. The molecular formula is C16H21BrCl2O. The van der Waals surface area contributed by atoms with Gasteiger partial charge in [-0.3, -0.25) is 0 Å². The zero-order valence-corrected chi connectivity index (χ0v) is 14.7. The van der Waals surface area contributed by atoms with Gasteiger partial charge in [0.1, 0.15) is 5.75 Å². The molecule has 0 saturated heterocycles. The van der Waals surface area contributed by atoms with Crippen molar-refractivity contribution in [2.75, 3.05) is 18.4 Å². The third-order valence-corrected chi connectivity index (χ3v) is 5.98. The molecule has 1 nitrogen and oxygen atoms in total. The lowest BCUT2D eigenvalue weighted by molar-refractivity contribution is 0.163. The largest absolute Gasteiger partial charge is 0.494 e. The summed E-state index contributed by atoms with van der Waals surface area (Å²) in [5.74, 6) is 2.80. The normalized spacial score (nSPS) is 16.6. The molecule has 1 fully saturated rings. The Hall–Kier alpha value is 0.0800. The summed E-state index contributed by atoms with van der Waals surface area (Å²) >= 11 is 16.0. The molecule has 0 aliphatic heterocycles. The maximum absolute atomic E-state index is 6.26. The lowest BCUT2D eigenvalue weighted by Gasteiger charge is -2.35. The van der Waals surface area contributed by atoms with Gasteiger partial charge in [0, 0.05) is 21.6 Å². The van der Waals surface area contributed by atoms with Crippen LogP contribution in [0.3, 0.4) is 0 Å². The minimum absolute atomic E-state index is 0.0334. The van der Waals surface area contributed by atoms with Crippen molar-refractivity contribution >= 4 is 39.1 Å². The number of halogens is 3. The Balaban J connectivity index is 1.92. The van der Waals surface area contributed by atoms with Gasteiger partial charge in [0.25, 0.3) is 0 Å². The predicted molar refractivity (Wildman–Crippen MR) is 90.1 cm³/mol. The third-order valence-electron chi connectivity index (χ3n) is 4.42. The quantitative estimate of drug-likeness (QED) is 0.538. The molecular weight excluding hydrogens is 359 g/mol. The van der Waals surface area contributed by atoms with Gasteiger partial charge in [-0.25, -0.2) is 0 Å². The van der Waals surface area contributed by atoms with E-state index in [4.69, 9.17) is 27.9 Å². The first-order valence-corrected chi connectivity index (χ1v) is 9.07. The molecule has 4 heteroatoms. The summed E-state index contributed by atoms with van der Waals surface area (Å²) in [5.41, 5.74) is 0.0334. The summed E-state index contributed by atoms with van der Waals surface area (Å²) < 4.78 is 6.89. The molecule has 2 rings (SSSR count). The zero-order valence-electron chi connectivity index (χ0n) is 11.6. The Morgan fingerprint density at radius 2 is 1.90 bits per heavy atom. The molecule has 0 bridgehead atoms. The average Bonchev–Trinajstić information content (AvgIpc) is 2.99. The molecule has 0 amide bonds. The van der Waals surface area contributed by atoms with Gasteiger partial charge in [0.05, 0.1) is 6.61 Å². The van der Waals surface area contributed by atoms with E-state index in [1.54, 1.807) is 0 Å². The first-order valence-electron chi connectivity index (χ1n) is 7.20. The van der Waals surface area contributed by atoms with Gasteiger partial charge in [0.2, 0.25) is 0 Å². The maximum atomic E-state index is 6.26.